The topological polar surface area (TPSA) is 105 Å². The van der Waals surface area contributed by atoms with Crippen molar-refractivity contribution in [2.45, 2.75) is 52.2 Å². The molecule has 10 heteroatoms. The molecule has 0 bridgehead atoms. The van der Waals surface area contributed by atoms with E-state index in [4.69, 9.17) is 9.47 Å². The third-order valence-corrected chi connectivity index (χ3v) is 6.53. The predicted octanol–water partition coefficient (Wildman–Crippen LogP) is 3.19. The Labute approximate surface area is 214 Å². The Hall–Kier alpha value is -3.27. The largest absolute Gasteiger partial charge is 0.497 e. The third-order valence-electron chi connectivity index (χ3n) is 5.40. The van der Waals surface area contributed by atoms with Crippen LogP contribution >= 0.6 is 0 Å². The summed E-state index contributed by atoms with van der Waals surface area (Å²) in [6.45, 7) is 6.99. The Morgan fingerprint density at radius 3 is 2.25 bits per heavy atom. The molecule has 0 aliphatic rings. The van der Waals surface area contributed by atoms with E-state index in [9.17, 15) is 18.0 Å². The van der Waals surface area contributed by atoms with Crippen molar-refractivity contribution in [3.8, 4) is 11.5 Å². The maximum atomic E-state index is 13.8. The summed E-state index contributed by atoms with van der Waals surface area (Å²) in [4.78, 5) is 28.4. The first-order chi connectivity index (χ1) is 16.8. The first kappa shape index (κ1) is 29.0. The third kappa shape index (κ3) is 7.87. The van der Waals surface area contributed by atoms with Crippen LogP contribution in [0.3, 0.4) is 0 Å². The van der Waals surface area contributed by atoms with Crippen LogP contribution in [0.5, 0.6) is 11.5 Å². The summed E-state index contributed by atoms with van der Waals surface area (Å²) in [6, 6.07) is 12.9. The SMILES string of the molecule is CC[C@@H](C(=O)NC(C)(C)C)N(Cc1cccc(OC)c1)C(=O)CN(c1ccccc1OC)S(C)(=O)=O. The van der Waals surface area contributed by atoms with Gasteiger partial charge in [0.05, 0.1) is 26.2 Å². The second kappa shape index (κ2) is 12.1. The molecule has 2 rings (SSSR count). The van der Waals surface area contributed by atoms with Crippen LogP contribution in [-0.2, 0) is 26.2 Å². The normalized spacial score (nSPS) is 12.4. The molecule has 0 fully saturated rings. The number of sulfonamides is 1. The number of benzene rings is 2. The van der Waals surface area contributed by atoms with Gasteiger partial charge in [0.25, 0.3) is 0 Å². The highest BCUT2D eigenvalue weighted by Gasteiger charge is 2.33. The fourth-order valence-electron chi connectivity index (χ4n) is 3.77. The minimum absolute atomic E-state index is 0.0929. The van der Waals surface area contributed by atoms with Gasteiger partial charge in [0.1, 0.15) is 24.1 Å². The molecule has 1 atom stereocenters. The molecule has 0 saturated heterocycles. The van der Waals surface area contributed by atoms with Crippen LogP contribution in [0.25, 0.3) is 0 Å². The van der Waals surface area contributed by atoms with Crippen LogP contribution in [-0.4, -0.2) is 63.7 Å². The van der Waals surface area contributed by atoms with E-state index < -0.39 is 34.1 Å². The van der Waals surface area contributed by atoms with Crippen molar-refractivity contribution in [1.82, 2.24) is 10.2 Å². The van der Waals surface area contributed by atoms with E-state index in [0.29, 0.717) is 17.9 Å². The van der Waals surface area contributed by atoms with Gasteiger partial charge in [-0.25, -0.2) is 8.42 Å². The number of carbonyl (C=O) groups is 2. The van der Waals surface area contributed by atoms with Gasteiger partial charge in [0.2, 0.25) is 21.8 Å². The van der Waals surface area contributed by atoms with Crippen molar-refractivity contribution >= 4 is 27.5 Å². The van der Waals surface area contributed by atoms with Crippen molar-refractivity contribution in [3.63, 3.8) is 0 Å². The van der Waals surface area contributed by atoms with Crippen LogP contribution in [0.4, 0.5) is 5.69 Å². The molecule has 1 N–H and O–H groups in total. The van der Waals surface area contributed by atoms with Crippen molar-refractivity contribution < 1.29 is 27.5 Å². The molecular formula is C26H37N3O6S. The minimum atomic E-state index is -3.86. The van der Waals surface area contributed by atoms with E-state index in [-0.39, 0.29) is 18.1 Å². The van der Waals surface area contributed by atoms with Crippen LogP contribution in [0.1, 0.15) is 39.7 Å². The highest BCUT2D eigenvalue weighted by Crippen LogP contribution is 2.30. The minimum Gasteiger partial charge on any atom is -0.497 e. The Kier molecular flexibility index (Phi) is 9.75. The van der Waals surface area contributed by atoms with Gasteiger partial charge in [-0.1, -0.05) is 31.2 Å². The van der Waals surface area contributed by atoms with E-state index in [1.165, 1.54) is 12.0 Å². The number of hydrogen-bond acceptors (Lipinski definition) is 6. The lowest BCUT2D eigenvalue weighted by molar-refractivity contribution is -0.141. The highest BCUT2D eigenvalue weighted by molar-refractivity contribution is 7.92. The summed E-state index contributed by atoms with van der Waals surface area (Å²) in [5.74, 6) is 0.0842. The maximum absolute atomic E-state index is 13.8. The molecule has 2 aromatic carbocycles. The maximum Gasteiger partial charge on any atom is 0.244 e. The summed E-state index contributed by atoms with van der Waals surface area (Å²) in [6.07, 6.45) is 1.37. The van der Waals surface area contributed by atoms with E-state index in [1.807, 2.05) is 33.8 Å². The number of ether oxygens (including phenoxy) is 2. The van der Waals surface area contributed by atoms with E-state index in [1.54, 1.807) is 49.6 Å². The fourth-order valence-corrected chi connectivity index (χ4v) is 4.62. The van der Waals surface area contributed by atoms with Crippen molar-refractivity contribution in [3.05, 3.63) is 54.1 Å². The van der Waals surface area contributed by atoms with Crippen LogP contribution in [0.15, 0.2) is 48.5 Å². The Bertz CT molecular complexity index is 1160. The Morgan fingerprint density at radius 2 is 1.69 bits per heavy atom. The number of amides is 2. The molecule has 9 nitrogen and oxygen atoms in total. The van der Waals surface area contributed by atoms with E-state index in [0.717, 1.165) is 16.1 Å². The molecule has 2 aromatic rings. The number of carbonyl (C=O) groups excluding carboxylic acids is 2. The van der Waals surface area contributed by atoms with Gasteiger partial charge in [-0.2, -0.15) is 0 Å². The molecule has 0 aliphatic heterocycles. The zero-order valence-corrected chi connectivity index (χ0v) is 22.9. The lowest BCUT2D eigenvalue weighted by atomic mass is 10.1. The number of anilines is 1. The molecule has 198 valence electrons. The lowest BCUT2D eigenvalue weighted by Crippen LogP contribution is -2.55. The Balaban J connectivity index is 2.51. The zero-order chi connectivity index (χ0) is 27.1. The molecule has 0 heterocycles. The molecule has 36 heavy (non-hydrogen) atoms. The monoisotopic (exact) mass is 519 g/mol. The van der Waals surface area contributed by atoms with Gasteiger partial charge in [-0.05, 0) is 57.0 Å². The molecule has 0 aromatic heterocycles. The quantitative estimate of drug-likeness (QED) is 0.489. The van der Waals surface area contributed by atoms with Gasteiger partial charge in [-0.3, -0.25) is 13.9 Å². The average molecular weight is 520 g/mol. The summed E-state index contributed by atoms with van der Waals surface area (Å²) >= 11 is 0. The summed E-state index contributed by atoms with van der Waals surface area (Å²) in [5, 5.41) is 2.94. The number of methoxy groups -OCH3 is 2. The fraction of sp³-hybridized carbons (Fsp3) is 0.462. The molecule has 2 amide bonds. The van der Waals surface area contributed by atoms with Gasteiger partial charge < -0.3 is 19.7 Å². The Morgan fingerprint density at radius 1 is 1.03 bits per heavy atom. The molecule has 0 radical (unpaired) electrons. The van der Waals surface area contributed by atoms with Crippen LogP contribution < -0.4 is 19.1 Å². The summed E-state index contributed by atoms with van der Waals surface area (Å²) < 4.78 is 37.2. The van der Waals surface area contributed by atoms with E-state index in [2.05, 4.69) is 5.32 Å². The van der Waals surface area contributed by atoms with Gasteiger partial charge in [-0.15, -0.1) is 0 Å². The van der Waals surface area contributed by atoms with Crippen molar-refractivity contribution in [2.24, 2.45) is 0 Å². The van der Waals surface area contributed by atoms with E-state index >= 15 is 0 Å². The standard InChI is InChI=1S/C26H37N3O6S/c1-8-21(25(31)27-26(2,3)4)28(17-19-12-11-13-20(16-19)34-5)24(30)18-29(36(7,32)33)22-14-9-10-15-23(22)35-6/h9-16,21H,8,17-18H2,1-7H3,(H,27,31)/t21-/m0/s1. The number of hydrogen-bond donors (Lipinski definition) is 1. The van der Waals surface area contributed by atoms with Gasteiger partial charge in [0.15, 0.2) is 0 Å². The van der Waals surface area contributed by atoms with Crippen LogP contribution in [0, 0.1) is 0 Å². The first-order valence-corrected chi connectivity index (χ1v) is 13.5. The van der Waals surface area contributed by atoms with Crippen LogP contribution in [0.2, 0.25) is 0 Å². The second-order valence-corrected chi connectivity index (χ2v) is 11.4. The number of rotatable bonds is 11. The molecule has 0 spiro atoms. The molecular weight excluding hydrogens is 482 g/mol. The first-order valence-electron chi connectivity index (χ1n) is 11.7. The number of nitrogens with one attached hydrogen (secondary N) is 1. The van der Waals surface area contributed by atoms with Crippen molar-refractivity contribution in [1.29, 1.82) is 0 Å². The summed E-state index contributed by atoms with van der Waals surface area (Å²) in [5.41, 5.74) is 0.475. The smallest absolute Gasteiger partial charge is 0.244 e. The van der Waals surface area contributed by atoms with Gasteiger partial charge in [0, 0.05) is 12.1 Å². The van der Waals surface area contributed by atoms with Gasteiger partial charge >= 0.3 is 0 Å². The second-order valence-electron chi connectivity index (χ2n) is 9.48. The lowest BCUT2D eigenvalue weighted by Gasteiger charge is -2.34. The van der Waals surface area contributed by atoms with Crippen molar-refractivity contribution in [2.75, 3.05) is 31.3 Å². The highest BCUT2D eigenvalue weighted by atomic mass is 32.2. The zero-order valence-electron chi connectivity index (χ0n) is 22.1. The average Bonchev–Trinajstić information content (AvgIpc) is 2.80. The number of nitrogens with zero attached hydrogens (tertiary/aromatic N) is 2. The predicted molar refractivity (Wildman–Crippen MR) is 141 cm³/mol. The molecule has 0 unspecified atom stereocenters. The number of para-hydroxylation sites is 2. The summed E-state index contributed by atoms with van der Waals surface area (Å²) in [7, 11) is -0.882. The molecule has 0 aliphatic carbocycles. The molecule has 0 saturated carbocycles.